The van der Waals surface area contributed by atoms with E-state index in [9.17, 15) is 0 Å². The van der Waals surface area contributed by atoms with Crippen LogP contribution in [-0.4, -0.2) is 9.97 Å². The number of benzene rings is 1. The molecule has 0 spiro atoms. The molecule has 0 N–H and O–H groups in total. The number of aryl methyl sites for hydroxylation is 1. The number of hydrogen-bond donors (Lipinski definition) is 0. The van der Waals surface area contributed by atoms with Gasteiger partial charge in [0.2, 0.25) is 5.88 Å². The average molecular weight is 307 g/mol. The second-order valence-corrected chi connectivity index (χ2v) is 5.29. The van der Waals surface area contributed by atoms with Crippen molar-refractivity contribution in [3.63, 3.8) is 0 Å². The van der Waals surface area contributed by atoms with E-state index in [4.69, 9.17) is 4.74 Å². The van der Waals surface area contributed by atoms with Crippen LogP contribution in [0.3, 0.4) is 0 Å². The standard InChI is InChI=1S/C14H15BrN2O/c1-9(2)11-5-4-10(3)6-12(11)18-14-7-13(15)16-8-17-14/h4-9H,1-3H3. The fourth-order valence-electron chi connectivity index (χ4n) is 1.69. The van der Waals surface area contributed by atoms with Gasteiger partial charge in [-0.25, -0.2) is 9.97 Å². The summed E-state index contributed by atoms with van der Waals surface area (Å²) in [5.74, 6) is 1.81. The van der Waals surface area contributed by atoms with Gasteiger partial charge in [0.25, 0.3) is 0 Å². The van der Waals surface area contributed by atoms with Gasteiger partial charge in [-0.3, -0.25) is 0 Å². The Bertz CT molecular complexity index is 555. The van der Waals surface area contributed by atoms with Crippen molar-refractivity contribution in [3.05, 3.63) is 46.3 Å². The molecule has 1 aromatic carbocycles. The monoisotopic (exact) mass is 306 g/mol. The number of ether oxygens (including phenoxy) is 1. The van der Waals surface area contributed by atoms with E-state index in [-0.39, 0.29) is 0 Å². The first-order valence-corrected chi connectivity index (χ1v) is 6.61. The predicted octanol–water partition coefficient (Wildman–Crippen LogP) is 4.46. The van der Waals surface area contributed by atoms with Gasteiger partial charge < -0.3 is 4.74 Å². The number of halogens is 1. The zero-order valence-corrected chi connectivity index (χ0v) is 12.2. The van der Waals surface area contributed by atoms with Gasteiger partial charge in [-0.15, -0.1) is 0 Å². The van der Waals surface area contributed by atoms with Crippen molar-refractivity contribution in [2.24, 2.45) is 0 Å². The van der Waals surface area contributed by atoms with E-state index in [1.54, 1.807) is 6.07 Å². The van der Waals surface area contributed by atoms with Gasteiger partial charge in [0.05, 0.1) is 0 Å². The van der Waals surface area contributed by atoms with Gasteiger partial charge in [-0.05, 0) is 46.0 Å². The Kier molecular flexibility index (Phi) is 3.97. The first-order valence-electron chi connectivity index (χ1n) is 5.82. The fraction of sp³-hybridized carbons (Fsp3) is 0.286. The quantitative estimate of drug-likeness (QED) is 0.785. The van der Waals surface area contributed by atoms with Gasteiger partial charge in [-0.1, -0.05) is 26.0 Å². The molecule has 0 amide bonds. The Morgan fingerprint density at radius 3 is 2.61 bits per heavy atom. The maximum Gasteiger partial charge on any atom is 0.223 e. The Morgan fingerprint density at radius 2 is 1.94 bits per heavy atom. The van der Waals surface area contributed by atoms with Crippen LogP contribution in [0.5, 0.6) is 11.6 Å². The van der Waals surface area contributed by atoms with Crippen molar-refractivity contribution in [2.75, 3.05) is 0 Å². The third kappa shape index (κ3) is 3.07. The molecule has 1 aromatic heterocycles. The molecule has 0 aliphatic heterocycles. The molecule has 0 unspecified atom stereocenters. The van der Waals surface area contributed by atoms with Crippen LogP contribution in [0.2, 0.25) is 0 Å². The summed E-state index contributed by atoms with van der Waals surface area (Å²) in [6, 6.07) is 7.99. The van der Waals surface area contributed by atoms with E-state index in [0.29, 0.717) is 16.4 Å². The Labute approximate surface area is 115 Å². The molecule has 4 heteroatoms. The highest BCUT2D eigenvalue weighted by molar-refractivity contribution is 9.10. The molecule has 0 atom stereocenters. The lowest BCUT2D eigenvalue weighted by Crippen LogP contribution is -1.96. The van der Waals surface area contributed by atoms with Crippen LogP contribution in [0.4, 0.5) is 0 Å². The fourth-order valence-corrected chi connectivity index (χ4v) is 1.98. The first-order chi connectivity index (χ1) is 8.56. The lowest BCUT2D eigenvalue weighted by atomic mass is 10.0. The first kappa shape index (κ1) is 13.0. The van der Waals surface area contributed by atoms with Crippen LogP contribution >= 0.6 is 15.9 Å². The maximum atomic E-state index is 5.85. The number of nitrogens with zero attached hydrogens (tertiary/aromatic N) is 2. The highest BCUT2D eigenvalue weighted by atomic mass is 79.9. The van der Waals surface area contributed by atoms with E-state index in [2.05, 4.69) is 51.9 Å². The molecular formula is C14H15BrN2O. The predicted molar refractivity (Wildman–Crippen MR) is 75.1 cm³/mol. The Hall–Kier alpha value is -1.42. The van der Waals surface area contributed by atoms with Crippen LogP contribution in [0.1, 0.15) is 30.9 Å². The van der Waals surface area contributed by atoms with E-state index < -0.39 is 0 Å². The van der Waals surface area contributed by atoms with E-state index in [0.717, 1.165) is 5.75 Å². The minimum atomic E-state index is 0.408. The Balaban J connectivity index is 2.36. The van der Waals surface area contributed by atoms with Crippen molar-refractivity contribution >= 4 is 15.9 Å². The topological polar surface area (TPSA) is 35.0 Å². The zero-order chi connectivity index (χ0) is 13.1. The Morgan fingerprint density at radius 1 is 1.17 bits per heavy atom. The summed E-state index contributed by atoms with van der Waals surface area (Å²) in [6.45, 7) is 6.34. The summed E-state index contributed by atoms with van der Waals surface area (Å²) in [7, 11) is 0. The van der Waals surface area contributed by atoms with Crippen LogP contribution in [0, 0.1) is 6.92 Å². The molecule has 0 radical (unpaired) electrons. The van der Waals surface area contributed by atoms with Crippen molar-refractivity contribution in [1.29, 1.82) is 0 Å². The van der Waals surface area contributed by atoms with Crippen LogP contribution in [0.15, 0.2) is 35.2 Å². The van der Waals surface area contributed by atoms with Crippen molar-refractivity contribution in [1.82, 2.24) is 9.97 Å². The van der Waals surface area contributed by atoms with Crippen molar-refractivity contribution in [2.45, 2.75) is 26.7 Å². The van der Waals surface area contributed by atoms with E-state index in [1.807, 2.05) is 13.0 Å². The highest BCUT2D eigenvalue weighted by Gasteiger charge is 2.10. The largest absolute Gasteiger partial charge is 0.439 e. The normalized spacial score (nSPS) is 10.7. The zero-order valence-electron chi connectivity index (χ0n) is 10.6. The molecular weight excluding hydrogens is 292 g/mol. The van der Waals surface area contributed by atoms with Crippen LogP contribution < -0.4 is 4.74 Å². The molecule has 94 valence electrons. The molecule has 18 heavy (non-hydrogen) atoms. The number of aromatic nitrogens is 2. The van der Waals surface area contributed by atoms with Crippen LogP contribution in [0.25, 0.3) is 0 Å². The summed E-state index contributed by atoms with van der Waals surface area (Å²) >= 11 is 3.31. The van der Waals surface area contributed by atoms with Crippen molar-refractivity contribution < 1.29 is 4.74 Å². The van der Waals surface area contributed by atoms with E-state index in [1.165, 1.54) is 17.5 Å². The third-order valence-corrected chi connectivity index (χ3v) is 3.05. The minimum Gasteiger partial charge on any atom is -0.439 e. The summed E-state index contributed by atoms with van der Waals surface area (Å²) in [4.78, 5) is 8.08. The molecule has 2 rings (SSSR count). The molecule has 2 aromatic rings. The third-order valence-electron chi connectivity index (χ3n) is 2.61. The summed E-state index contributed by atoms with van der Waals surface area (Å²) in [5.41, 5.74) is 2.35. The molecule has 1 heterocycles. The molecule has 0 bridgehead atoms. The SMILES string of the molecule is Cc1ccc(C(C)C)c(Oc2cc(Br)ncn2)c1. The smallest absolute Gasteiger partial charge is 0.223 e. The molecule has 3 nitrogen and oxygen atoms in total. The van der Waals surface area contributed by atoms with E-state index >= 15 is 0 Å². The van der Waals surface area contributed by atoms with Gasteiger partial charge in [0.15, 0.2) is 0 Å². The number of rotatable bonds is 3. The van der Waals surface area contributed by atoms with Crippen LogP contribution in [-0.2, 0) is 0 Å². The van der Waals surface area contributed by atoms with Gasteiger partial charge >= 0.3 is 0 Å². The maximum absolute atomic E-state index is 5.85. The van der Waals surface area contributed by atoms with Gasteiger partial charge in [0, 0.05) is 6.07 Å². The highest BCUT2D eigenvalue weighted by Crippen LogP contribution is 2.31. The molecule has 0 saturated carbocycles. The summed E-state index contributed by atoms with van der Waals surface area (Å²) in [6.07, 6.45) is 1.48. The second kappa shape index (κ2) is 5.48. The molecule has 0 fully saturated rings. The molecule has 0 aliphatic carbocycles. The molecule has 0 saturated heterocycles. The second-order valence-electron chi connectivity index (χ2n) is 4.48. The average Bonchev–Trinajstić information content (AvgIpc) is 2.28. The number of hydrogen-bond acceptors (Lipinski definition) is 3. The summed E-state index contributed by atoms with van der Waals surface area (Å²) in [5, 5.41) is 0. The van der Waals surface area contributed by atoms with Gasteiger partial charge in [-0.2, -0.15) is 0 Å². The molecule has 0 aliphatic rings. The minimum absolute atomic E-state index is 0.408. The lowest BCUT2D eigenvalue weighted by molar-refractivity contribution is 0.452. The van der Waals surface area contributed by atoms with Gasteiger partial charge in [0.1, 0.15) is 16.7 Å². The summed E-state index contributed by atoms with van der Waals surface area (Å²) < 4.78 is 6.57. The van der Waals surface area contributed by atoms with Crippen molar-refractivity contribution in [3.8, 4) is 11.6 Å². The lowest BCUT2D eigenvalue weighted by Gasteiger charge is -2.13.